The minimum atomic E-state index is -3.43. The van der Waals surface area contributed by atoms with E-state index in [1.165, 1.54) is 6.20 Å². The minimum Gasteiger partial charge on any atom is -0.399 e. The smallest absolute Gasteiger partial charge is 0.399 e. The summed E-state index contributed by atoms with van der Waals surface area (Å²) in [6, 6.07) is -3.43. The summed E-state index contributed by atoms with van der Waals surface area (Å²) in [5.74, 6) is 0. The third kappa shape index (κ3) is 2.40. The van der Waals surface area contributed by atoms with E-state index in [2.05, 4.69) is 5.10 Å². The maximum absolute atomic E-state index is 13.3. The summed E-state index contributed by atoms with van der Waals surface area (Å²) in [6.07, 6.45) is 2.38. The van der Waals surface area contributed by atoms with Crippen LogP contribution in [-0.4, -0.2) is 39.8 Å². The average Bonchev–Trinajstić information content (AvgIpc) is 2.83. The number of aliphatic hydroxyl groups excluding tert-OH is 1. The Morgan fingerprint density at radius 2 is 1.84 bits per heavy atom. The molecule has 5 nitrogen and oxygen atoms in total. The van der Waals surface area contributed by atoms with Gasteiger partial charge >= 0.3 is 13.2 Å². The Hall–Kier alpha value is -0.985. The van der Waals surface area contributed by atoms with Gasteiger partial charge in [0.15, 0.2) is 0 Å². The molecule has 1 N–H and O–H groups in total. The van der Waals surface area contributed by atoms with Crippen molar-refractivity contribution in [1.29, 1.82) is 0 Å². The lowest BCUT2D eigenvalue weighted by Gasteiger charge is -2.32. The van der Waals surface area contributed by atoms with E-state index in [4.69, 9.17) is 14.4 Å². The van der Waals surface area contributed by atoms with Crippen molar-refractivity contribution in [3.8, 4) is 0 Å². The Morgan fingerprint density at radius 3 is 2.32 bits per heavy atom. The molecule has 1 saturated heterocycles. The topological polar surface area (TPSA) is 56.5 Å². The summed E-state index contributed by atoms with van der Waals surface area (Å²) in [4.78, 5) is 0. The Morgan fingerprint density at radius 1 is 1.32 bits per heavy atom. The van der Waals surface area contributed by atoms with Gasteiger partial charge < -0.3 is 14.4 Å². The normalized spacial score (nSPS) is 21.9. The van der Waals surface area contributed by atoms with Crippen LogP contribution in [0.25, 0.3) is 0 Å². The quantitative estimate of drug-likeness (QED) is 0.825. The molecule has 19 heavy (non-hydrogen) atoms. The average molecular weight is 274 g/mol. The molecule has 0 bridgehead atoms. The predicted octanol–water partition coefficient (Wildman–Crippen LogP) is 0.724. The highest BCUT2D eigenvalue weighted by atomic mass is 19.3. The number of rotatable bonds is 3. The van der Waals surface area contributed by atoms with Crippen LogP contribution in [0.4, 0.5) is 8.78 Å². The fourth-order valence-electron chi connectivity index (χ4n) is 1.69. The van der Waals surface area contributed by atoms with E-state index < -0.39 is 31.0 Å². The van der Waals surface area contributed by atoms with Gasteiger partial charge in [-0.15, -0.1) is 0 Å². The van der Waals surface area contributed by atoms with Crippen LogP contribution in [-0.2, 0) is 15.4 Å². The van der Waals surface area contributed by atoms with Gasteiger partial charge in [0.25, 0.3) is 0 Å². The Kier molecular flexibility index (Phi) is 3.23. The maximum Gasteiger partial charge on any atom is 0.498 e. The van der Waals surface area contributed by atoms with E-state index in [1.807, 2.05) is 27.7 Å². The van der Waals surface area contributed by atoms with Crippen LogP contribution in [0.2, 0.25) is 0 Å². The maximum atomic E-state index is 13.3. The van der Waals surface area contributed by atoms with Crippen molar-refractivity contribution >= 4 is 12.6 Å². The van der Waals surface area contributed by atoms with E-state index in [-0.39, 0.29) is 0 Å². The van der Waals surface area contributed by atoms with Crippen LogP contribution in [0.3, 0.4) is 0 Å². The highest BCUT2D eigenvalue weighted by Gasteiger charge is 2.52. The number of nitrogens with zero attached hydrogens (tertiary/aromatic N) is 2. The van der Waals surface area contributed by atoms with Crippen molar-refractivity contribution in [3.63, 3.8) is 0 Å². The molecule has 1 aliphatic rings. The number of halogens is 2. The molecule has 0 radical (unpaired) electrons. The Balaban J connectivity index is 2.22. The van der Waals surface area contributed by atoms with Crippen molar-refractivity contribution < 1.29 is 23.2 Å². The van der Waals surface area contributed by atoms with Gasteiger partial charge in [0.1, 0.15) is 6.61 Å². The zero-order valence-corrected chi connectivity index (χ0v) is 11.4. The highest BCUT2D eigenvalue weighted by Crippen LogP contribution is 2.36. The first kappa shape index (κ1) is 14.4. The van der Waals surface area contributed by atoms with Gasteiger partial charge in [0.05, 0.1) is 11.2 Å². The molecule has 1 aromatic heterocycles. The number of alkyl halides is 2. The van der Waals surface area contributed by atoms with Gasteiger partial charge in [-0.25, -0.2) is 4.68 Å². The van der Waals surface area contributed by atoms with Crippen LogP contribution in [0.1, 0.15) is 27.7 Å². The third-order valence-electron chi connectivity index (χ3n) is 3.65. The molecule has 1 aliphatic heterocycles. The lowest BCUT2D eigenvalue weighted by atomic mass is 9.82. The fraction of sp³-hybridized carbons (Fsp3) is 0.727. The molecule has 1 fully saturated rings. The standard InChI is InChI=1S/C11H17BF2N2O3/c1-9(2)10(3,4)19-12(18-9)8-5-15-16(6-8)11(13,14)7-17/h5-6,17H,7H2,1-4H3. The van der Waals surface area contributed by atoms with E-state index in [9.17, 15) is 8.78 Å². The molecule has 0 aromatic carbocycles. The summed E-state index contributed by atoms with van der Waals surface area (Å²) in [5, 5.41) is 12.2. The van der Waals surface area contributed by atoms with Crippen LogP contribution >= 0.6 is 0 Å². The van der Waals surface area contributed by atoms with Gasteiger partial charge in [-0.1, -0.05) is 0 Å². The van der Waals surface area contributed by atoms with Gasteiger partial charge in [0.2, 0.25) is 0 Å². The van der Waals surface area contributed by atoms with Gasteiger partial charge in [0, 0.05) is 17.9 Å². The molecule has 0 unspecified atom stereocenters. The van der Waals surface area contributed by atoms with Crippen molar-refractivity contribution in [2.45, 2.75) is 44.9 Å². The molecular formula is C11H17BF2N2O3. The number of hydrogen-bond acceptors (Lipinski definition) is 4. The third-order valence-corrected chi connectivity index (χ3v) is 3.65. The Bertz CT molecular complexity index is 460. The van der Waals surface area contributed by atoms with E-state index in [1.54, 1.807) is 0 Å². The van der Waals surface area contributed by atoms with Crippen molar-refractivity contribution in [1.82, 2.24) is 9.78 Å². The first-order valence-corrected chi connectivity index (χ1v) is 5.98. The molecule has 2 rings (SSSR count). The molecule has 0 atom stereocenters. The molecule has 0 spiro atoms. The second kappa shape index (κ2) is 4.26. The van der Waals surface area contributed by atoms with Crippen molar-refractivity contribution in [3.05, 3.63) is 12.4 Å². The summed E-state index contributed by atoms with van der Waals surface area (Å²) in [7, 11) is -0.742. The first-order chi connectivity index (χ1) is 8.59. The summed E-state index contributed by atoms with van der Waals surface area (Å²) in [6.45, 7) is 6.19. The van der Waals surface area contributed by atoms with Gasteiger partial charge in [-0.05, 0) is 27.7 Å². The first-order valence-electron chi connectivity index (χ1n) is 5.98. The van der Waals surface area contributed by atoms with Crippen LogP contribution in [0.5, 0.6) is 0 Å². The molecule has 106 valence electrons. The minimum absolute atomic E-state index is 0.395. The Labute approximate surface area is 110 Å². The largest absolute Gasteiger partial charge is 0.498 e. The van der Waals surface area contributed by atoms with Crippen LogP contribution in [0.15, 0.2) is 12.4 Å². The summed E-state index contributed by atoms with van der Waals surface area (Å²) < 4.78 is 38.4. The molecule has 0 saturated carbocycles. The zero-order valence-electron chi connectivity index (χ0n) is 11.4. The second-order valence-electron chi connectivity index (χ2n) is 5.63. The number of aromatic nitrogens is 2. The summed E-state index contributed by atoms with van der Waals surface area (Å²) >= 11 is 0. The molecule has 0 amide bonds. The van der Waals surface area contributed by atoms with Gasteiger partial charge in [-0.3, -0.25) is 0 Å². The monoisotopic (exact) mass is 274 g/mol. The predicted molar refractivity (Wildman–Crippen MR) is 65.2 cm³/mol. The van der Waals surface area contributed by atoms with E-state index in [0.717, 1.165) is 6.20 Å². The highest BCUT2D eigenvalue weighted by molar-refractivity contribution is 6.61. The second-order valence-corrected chi connectivity index (χ2v) is 5.63. The number of aliphatic hydroxyl groups is 1. The molecule has 8 heteroatoms. The molecule has 0 aliphatic carbocycles. The fourth-order valence-corrected chi connectivity index (χ4v) is 1.69. The van der Waals surface area contributed by atoms with Crippen LogP contribution < -0.4 is 5.46 Å². The summed E-state index contributed by atoms with van der Waals surface area (Å²) in [5.41, 5.74) is -0.690. The van der Waals surface area contributed by atoms with E-state index >= 15 is 0 Å². The van der Waals surface area contributed by atoms with Crippen molar-refractivity contribution in [2.75, 3.05) is 6.61 Å². The van der Waals surface area contributed by atoms with Crippen LogP contribution in [0, 0.1) is 0 Å². The zero-order chi connectivity index (χ0) is 14.5. The molecule has 2 heterocycles. The molecular weight excluding hydrogens is 257 g/mol. The molecule has 1 aromatic rings. The van der Waals surface area contributed by atoms with Crippen molar-refractivity contribution in [2.24, 2.45) is 0 Å². The van der Waals surface area contributed by atoms with Gasteiger partial charge in [-0.2, -0.15) is 13.9 Å². The van der Waals surface area contributed by atoms with E-state index in [0.29, 0.717) is 10.1 Å². The number of hydrogen-bond donors (Lipinski definition) is 1. The SMILES string of the molecule is CC1(C)OB(c2cnn(C(F)(F)CO)c2)OC1(C)C. The lowest BCUT2D eigenvalue weighted by molar-refractivity contribution is -0.130. The lowest BCUT2D eigenvalue weighted by Crippen LogP contribution is -2.41.